The molecule has 0 aliphatic carbocycles. The van der Waals surface area contributed by atoms with Crippen LogP contribution in [0.1, 0.15) is 25.8 Å². The zero-order valence-corrected chi connectivity index (χ0v) is 11.8. The van der Waals surface area contributed by atoms with Gasteiger partial charge in [-0.2, -0.15) is 11.8 Å². The fraction of sp³-hybridized carbons (Fsp3) is 0.400. The Labute approximate surface area is 113 Å². The molecule has 0 saturated carbocycles. The average molecular weight is 260 g/mol. The standard InChI is InChI=1S/C15H20N2S/c1-3-11(2)9-18-10-13-8-12-6-4-5-7-14(12)17-15(13)16/h4-8,11H,3,9-10H2,1-2H3,(H2,16,17). The van der Waals surface area contributed by atoms with E-state index < -0.39 is 0 Å². The quantitative estimate of drug-likeness (QED) is 0.879. The summed E-state index contributed by atoms with van der Waals surface area (Å²) < 4.78 is 0. The Morgan fingerprint density at radius 3 is 2.89 bits per heavy atom. The van der Waals surface area contributed by atoms with Gasteiger partial charge in [0, 0.05) is 16.7 Å². The molecule has 0 aliphatic rings. The van der Waals surface area contributed by atoms with E-state index in [0.717, 1.165) is 22.8 Å². The van der Waals surface area contributed by atoms with E-state index in [1.165, 1.54) is 17.6 Å². The van der Waals surface area contributed by atoms with Crippen LogP contribution in [0.3, 0.4) is 0 Å². The lowest BCUT2D eigenvalue weighted by Crippen LogP contribution is -2.00. The molecule has 0 spiro atoms. The van der Waals surface area contributed by atoms with Gasteiger partial charge in [-0.3, -0.25) is 0 Å². The van der Waals surface area contributed by atoms with E-state index in [2.05, 4.69) is 31.0 Å². The number of nitrogens with two attached hydrogens (primary N) is 1. The Kier molecular flexibility index (Phi) is 4.48. The minimum absolute atomic E-state index is 0.672. The molecular formula is C15H20N2S. The van der Waals surface area contributed by atoms with Crippen LogP contribution in [0.4, 0.5) is 5.82 Å². The van der Waals surface area contributed by atoms with Crippen LogP contribution in [0.5, 0.6) is 0 Å². The molecule has 96 valence electrons. The van der Waals surface area contributed by atoms with E-state index in [4.69, 9.17) is 5.73 Å². The normalized spacial score (nSPS) is 12.8. The molecule has 0 saturated heterocycles. The van der Waals surface area contributed by atoms with Crippen LogP contribution < -0.4 is 5.73 Å². The number of pyridine rings is 1. The molecule has 3 heteroatoms. The molecule has 2 N–H and O–H groups in total. The maximum Gasteiger partial charge on any atom is 0.128 e. The maximum absolute atomic E-state index is 6.01. The van der Waals surface area contributed by atoms with Crippen molar-refractivity contribution >= 4 is 28.5 Å². The van der Waals surface area contributed by atoms with Gasteiger partial charge in [0.15, 0.2) is 0 Å². The molecular weight excluding hydrogens is 240 g/mol. The Morgan fingerprint density at radius 2 is 2.11 bits per heavy atom. The lowest BCUT2D eigenvalue weighted by atomic mass is 10.1. The fourth-order valence-electron chi connectivity index (χ4n) is 1.78. The highest BCUT2D eigenvalue weighted by Crippen LogP contribution is 2.23. The third kappa shape index (κ3) is 3.16. The Hall–Kier alpha value is -1.22. The van der Waals surface area contributed by atoms with E-state index in [0.29, 0.717) is 5.82 Å². The molecule has 1 aromatic carbocycles. The molecule has 0 aliphatic heterocycles. The van der Waals surface area contributed by atoms with Crippen molar-refractivity contribution in [3.05, 3.63) is 35.9 Å². The van der Waals surface area contributed by atoms with Gasteiger partial charge in [-0.15, -0.1) is 0 Å². The van der Waals surface area contributed by atoms with Crippen LogP contribution in [0, 0.1) is 5.92 Å². The summed E-state index contributed by atoms with van der Waals surface area (Å²) in [5.74, 6) is 3.58. The fourth-order valence-corrected chi connectivity index (χ4v) is 2.99. The molecule has 1 aromatic heterocycles. The van der Waals surface area contributed by atoms with Crippen LogP contribution in [0.15, 0.2) is 30.3 Å². The minimum atomic E-state index is 0.672. The van der Waals surface area contributed by atoms with Crippen LogP contribution in [0.25, 0.3) is 10.9 Å². The van der Waals surface area contributed by atoms with Crippen LogP contribution in [-0.2, 0) is 5.75 Å². The topological polar surface area (TPSA) is 38.9 Å². The molecule has 0 amide bonds. The second-order valence-corrected chi connectivity index (χ2v) is 5.78. The molecule has 2 nitrogen and oxygen atoms in total. The Balaban J connectivity index is 2.10. The lowest BCUT2D eigenvalue weighted by Gasteiger charge is -2.09. The Morgan fingerprint density at radius 1 is 1.33 bits per heavy atom. The number of hydrogen-bond acceptors (Lipinski definition) is 3. The second-order valence-electron chi connectivity index (χ2n) is 4.75. The third-order valence-electron chi connectivity index (χ3n) is 3.19. The van der Waals surface area contributed by atoms with Crippen molar-refractivity contribution in [2.45, 2.75) is 26.0 Å². The third-order valence-corrected chi connectivity index (χ3v) is 4.51. The highest BCUT2D eigenvalue weighted by Gasteiger charge is 2.05. The highest BCUT2D eigenvalue weighted by molar-refractivity contribution is 7.98. The molecule has 0 radical (unpaired) electrons. The summed E-state index contributed by atoms with van der Waals surface area (Å²) in [6.07, 6.45) is 1.23. The van der Waals surface area contributed by atoms with Gasteiger partial charge in [-0.05, 0) is 23.8 Å². The SMILES string of the molecule is CCC(C)CSCc1cc2ccccc2nc1N. The van der Waals surface area contributed by atoms with Crippen molar-refractivity contribution in [1.82, 2.24) is 4.98 Å². The van der Waals surface area contributed by atoms with Crippen molar-refractivity contribution in [2.24, 2.45) is 5.92 Å². The van der Waals surface area contributed by atoms with Gasteiger partial charge < -0.3 is 5.73 Å². The molecule has 0 bridgehead atoms. The molecule has 2 aromatic rings. The number of fused-ring (bicyclic) bond motifs is 1. The van der Waals surface area contributed by atoms with Gasteiger partial charge in [-0.1, -0.05) is 38.5 Å². The number of thioether (sulfide) groups is 1. The van der Waals surface area contributed by atoms with Crippen molar-refractivity contribution in [1.29, 1.82) is 0 Å². The van der Waals surface area contributed by atoms with Crippen LogP contribution in [0.2, 0.25) is 0 Å². The number of rotatable bonds is 5. The summed E-state index contributed by atoms with van der Waals surface area (Å²) in [6, 6.07) is 10.3. The number of anilines is 1. The molecule has 0 fully saturated rings. The minimum Gasteiger partial charge on any atom is -0.383 e. The van der Waals surface area contributed by atoms with E-state index in [1.54, 1.807) is 0 Å². The van der Waals surface area contributed by atoms with Crippen molar-refractivity contribution in [2.75, 3.05) is 11.5 Å². The summed E-state index contributed by atoms with van der Waals surface area (Å²) in [4.78, 5) is 4.46. The summed E-state index contributed by atoms with van der Waals surface area (Å²) in [5.41, 5.74) is 8.14. The van der Waals surface area contributed by atoms with Crippen molar-refractivity contribution < 1.29 is 0 Å². The number of hydrogen-bond donors (Lipinski definition) is 1. The molecule has 1 atom stereocenters. The lowest BCUT2D eigenvalue weighted by molar-refractivity contribution is 0.637. The van der Waals surface area contributed by atoms with Gasteiger partial charge >= 0.3 is 0 Å². The first-order chi connectivity index (χ1) is 8.70. The summed E-state index contributed by atoms with van der Waals surface area (Å²) >= 11 is 1.94. The van der Waals surface area contributed by atoms with Crippen LogP contribution >= 0.6 is 11.8 Å². The summed E-state index contributed by atoms with van der Waals surface area (Å²) in [5, 5.41) is 1.17. The molecule has 2 rings (SSSR count). The van der Waals surface area contributed by atoms with Gasteiger partial charge in [0.05, 0.1) is 5.52 Å². The average Bonchev–Trinajstić information content (AvgIpc) is 2.39. The number of nitrogen functional groups attached to an aromatic ring is 1. The zero-order chi connectivity index (χ0) is 13.0. The van der Waals surface area contributed by atoms with Crippen molar-refractivity contribution in [3.63, 3.8) is 0 Å². The number of para-hydroxylation sites is 1. The zero-order valence-electron chi connectivity index (χ0n) is 11.0. The van der Waals surface area contributed by atoms with Crippen LogP contribution in [-0.4, -0.2) is 10.7 Å². The summed E-state index contributed by atoms with van der Waals surface area (Å²) in [6.45, 7) is 4.52. The number of benzene rings is 1. The molecule has 18 heavy (non-hydrogen) atoms. The van der Waals surface area contributed by atoms with Gasteiger partial charge in [0.1, 0.15) is 5.82 Å². The first-order valence-electron chi connectivity index (χ1n) is 6.42. The first kappa shape index (κ1) is 13.2. The van der Waals surface area contributed by atoms with E-state index >= 15 is 0 Å². The predicted molar refractivity (Wildman–Crippen MR) is 81.8 cm³/mol. The monoisotopic (exact) mass is 260 g/mol. The maximum atomic E-state index is 6.01. The second kappa shape index (κ2) is 6.10. The smallest absolute Gasteiger partial charge is 0.128 e. The molecule has 1 unspecified atom stereocenters. The van der Waals surface area contributed by atoms with E-state index in [1.807, 2.05) is 30.0 Å². The first-order valence-corrected chi connectivity index (χ1v) is 7.58. The van der Waals surface area contributed by atoms with Gasteiger partial charge in [0.25, 0.3) is 0 Å². The van der Waals surface area contributed by atoms with Gasteiger partial charge in [0.2, 0.25) is 0 Å². The highest BCUT2D eigenvalue weighted by atomic mass is 32.2. The largest absolute Gasteiger partial charge is 0.383 e. The predicted octanol–water partition coefficient (Wildman–Crippen LogP) is 4.10. The van der Waals surface area contributed by atoms with Crippen molar-refractivity contribution in [3.8, 4) is 0 Å². The van der Waals surface area contributed by atoms with Gasteiger partial charge in [-0.25, -0.2) is 4.98 Å². The molecule has 1 heterocycles. The van der Waals surface area contributed by atoms with E-state index in [9.17, 15) is 0 Å². The number of aromatic nitrogens is 1. The number of nitrogens with zero attached hydrogens (tertiary/aromatic N) is 1. The Bertz CT molecular complexity index is 525. The van der Waals surface area contributed by atoms with E-state index in [-0.39, 0.29) is 0 Å². The summed E-state index contributed by atoms with van der Waals surface area (Å²) in [7, 11) is 0.